The molecule has 1 heterocycles. The molecule has 1 aliphatic rings. The monoisotopic (exact) mass is 156 g/mol. The van der Waals surface area contributed by atoms with Crippen LogP contribution in [0.15, 0.2) is 12.3 Å². The fourth-order valence-electron chi connectivity index (χ4n) is 0.672. The lowest BCUT2D eigenvalue weighted by Gasteiger charge is -2.21. The van der Waals surface area contributed by atoms with Crippen LogP contribution in [-0.2, 0) is 4.79 Å². The van der Waals surface area contributed by atoms with Gasteiger partial charge in [-0.05, 0) is 0 Å². The lowest BCUT2D eigenvalue weighted by Crippen LogP contribution is -2.57. The zero-order valence-electron chi connectivity index (χ0n) is 5.63. The summed E-state index contributed by atoms with van der Waals surface area (Å²) in [6.07, 6.45) is 2.13. The molecule has 6 heteroatoms. The summed E-state index contributed by atoms with van der Waals surface area (Å²) < 4.78 is 0. The summed E-state index contributed by atoms with van der Waals surface area (Å²) in [7, 11) is 0. The molecular formula is C5H8N4O2. The lowest BCUT2D eigenvalue weighted by molar-refractivity contribution is -0.117. The van der Waals surface area contributed by atoms with Crippen molar-refractivity contribution in [3.8, 4) is 0 Å². The second kappa shape index (κ2) is 2.91. The highest BCUT2D eigenvalue weighted by Crippen LogP contribution is 1.82. The van der Waals surface area contributed by atoms with Crippen LogP contribution in [0, 0.1) is 0 Å². The number of nitrogens with one attached hydrogen (secondary N) is 3. The van der Waals surface area contributed by atoms with Gasteiger partial charge in [-0.1, -0.05) is 0 Å². The van der Waals surface area contributed by atoms with E-state index in [4.69, 9.17) is 5.73 Å². The number of rotatable bonds is 1. The minimum atomic E-state index is -0.696. The maximum atomic E-state index is 10.6. The minimum absolute atomic E-state index is 0.275. The van der Waals surface area contributed by atoms with Gasteiger partial charge in [0.1, 0.15) is 0 Å². The number of amides is 3. The summed E-state index contributed by atoms with van der Waals surface area (Å²) in [4.78, 5) is 20.9. The average molecular weight is 156 g/mol. The molecule has 0 radical (unpaired) electrons. The van der Waals surface area contributed by atoms with Crippen LogP contribution in [0.2, 0.25) is 0 Å². The van der Waals surface area contributed by atoms with E-state index in [0.29, 0.717) is 0 Å². The predicted octanol–water partition coefficient (Wildman–Crippen LogP) is -1.83. The maximum absolute atomic E-state index is 10.6. The van der Waals surface area contributed by atoms with Gasteiger partial charge in [-0.3, -0.25) is 4.79 Å². The Bertz CT molecular complexity index is 213. The SMILES string of the molecule is NC(=O)NC1NC=CC(=O)N1. The Balaban J connectivity index is 2.43. The lowest BCUT2D eigenvalue weighted by atomic mass is 10.5. The molecule has 5 N–H and O–H groups in total. The summed E-state index contributed by atoms with van der Waals surface area (Å²) in [6.45, 7) is 0. The molecule has 60 valence electrons. The van der Waals surface area contributed by atoms with E-state index in [1.807, 2.05) is 0 Å². The van der Waals surface area contributed by atoms with Gasteiger partial charge in [-0.25, -0.2) is 4.79 Å². The highest BCUT2D eigenvalue weighted by molar-refractivity contribution is 5.88. The molecule has 0 bridgehead atoms. The summed E-state index contributed by atoms with van der Waals surface area (Å²) >= 11 is 0. The van der Waals surface area contributed by atoms with Crippen LogP contribution in [-0.4, -0.2) is 18.2 Å². The Hall–Kier alpha value is -1.72. The van der Waals surface area contributed by atoms with E-state index in [0.717, 1.165) is 0 Å². The molecule has 0 aliphatic carbocycles. The molecule has 11 heavy (non-hydrogen) atoms. The van der Waals surface area contributed by atoms with Gasteiger partial charge in [0.15, 0.2) is 6.29 Å². The molecule has 0 aromatic carbocycles. The first-order valence-corrected chi connectivity index (χ1v) is 2.97. The Morgan fingerprint density at radius 2 is 2.45 bits per heavy atom. The number of hydrogen-bond donors (Lipinski definition) is 4. The summed E-state index contributed by atoms with van der Waals surface area (Å²) in [5, 5.41) is 7.31. The second-order valence-electron chi connectivity index (χ2n) is 1.95. The van der Waals surface area contributed by atoms with E-state index in [9.17, 15) is 9.59 Å². The van der Waals surface area contributed by atoms with Crippen LogP contribution in [0.5, 0.6) is 0 Å². The molecule has 0 saturated carbocycles. The van der Waals surface area contributed by atoms with Crippen molar-refractivity contribution in [2.75, 3.05) is 0 Å². The molecule has 0 aromatic rings. The molecule has 0 fully saturated rings. The normalized spacial score (nSPS) is 21.8. The standard InChI is InChI=1S/C5H8N4O2/c6-4(11)9-5-7-2-1-3(10)8-5/h1-2,5,7H,(H,8,10)(H3,6,9,11). The molecular weight excluding hydrogens is 148 g/mol. The first kappa shape index (κ1) is 7.39. The number of primary amides is 1. The van der Waals surface area contributed by atoms with Crippen LogP contribution in [0.25, 0.3) is 0 Å². The third-order valence-corrected chi connectivity index (χ3v) is 1.07. The van der Waals surface area contributed by atoms with Crippen LogP contribution < -0.4 is 21.7 Å². The number of urea groups is 1. The Morgan fingerprint density at radius 3 is 3.00 bits per heavy atom. The van der Waals surface area contributed by atoms with Gasteiger partial charge in [-0.15, -0.1) is 0 Å². The highest BCUT2D eigenvalue weighted by Gasteiger charge is 2.12. The van der Waals surface area contributed by atoms with Gasteiger partial charge >= 0.3 is 6.03 Å². The number of carbonyl (C=O) groups excluding carboxylic acids is 2. The van der Waals surface area contributed by atoms with Crippen molar-refractivity contribution < 1.29 is 9.59 Å². The summed E-state index contributed by atoms with van der Waals surface area (Å²) in [5.41, 5.74) is 4.80. The molecule has 1 aliphatic heterocycles. The first-order chi connectivity index (χ1) is 5.18. The Morgan fingerprint density at radius 1 is 1.73 bits per heavy atom. The zero-order chi connectivity index (χ0) is 8.27. The van der Waals surface area contributed by atoms with Gasteiger partial charge in [0.25, 0.3) is 0 Å². The van der Waals surface area contributed by atoms with Crippen molar-refractivity contribution in [3.63, 3.8) is 0 Å². The quantitative estimate of drug-likeness (QED) is 0.359. The molecule has 1 unspecified atom stereocenters. The average Bonchev–Trinajstić information content (AvgIpc) is 1.85. The van der Waals surface area contributed by atoms with E-state index < -0.39 is 12.3 Å². The molecule has 1 rings (SSSR count). The van der Waals surface area contributed by atoms with Crippen LogP contribution in [0.4, 0.5) is 4.79 Å². The second-order valence-corrected chi connectivity index (χ2v) is 1.95. The first-order valence-electron chi connectivity index (χ1n) is 2.97. The molecule has 0 saturated heterocycles. The number of hydrogen-bond acceptors (Lipinski definition) is 3. The van der Waals surface area contributed by atoms with E-state index in [2.05, 4.69) is 16.0 Å². The van der Waals surface area contributed by atoms with Gasteiger partial charge < -0.3 is 21.7 Å². The zero-order valence-corrected chi connectivity index (χ0v) is 5.63. The third-order valence-electron chi connectivity index (χ3n) is 1.07. The summed E-state index contributed by atoms with van der Waals surface area (Å²) in [5.74, 6) is -0.275. The van der Waals surface area contributed by atoms with Crippen LogP contribution in [0.3, 0.4) is 0 Å². The van der Waals surface area contributed by atoms with Crippen molar-refractivity contribution in [1.82, 2.24) is 16.0 Å². The third kappa shape index (κ3) is 2.17. The smallest absolute Gasteiger partial charge is 0.315 e. The topological polar surface area (TPSA) is 96.2 Å². The molecule has 0 spiro atoms. The fraction of sp³-hybridized carbons (Fsp3) is 0.200. The molecule has 0 aromatic heterocycles. The van der Waals surface area contributed by atoms with Crippen molar-refractivity contribution in [3.05, 3.63) is 12.3 Å². The number of nitrogens with two attached hydrogens (primary N) is 1. The van der Waals surface area contributed by atoms with E-state index in [1.54, 1.807) is 0 Å². The molecule has 1 atom stereocenters. The maximum Gasteiger partial charge on any atom is 0.315 e. The van der Waals surface area contributed by atoms with Gasteiger partial charge in [0.05, 0.1) is 0 Å². The van der Waals surface area contributed by atoms with Crippen molar-refractivity contribution in [1.29, 1.82) is 0 Å². The van der Waals surface area contributed by atoms with E-state index in [-0.39, 0.29) is 5.91 Å². The van der Waals surface area contributed by atoms with E-state index >= 15 is 0 Å². The fourth-order valence-corrected chi connectivity index (χ4v) is 0.672. The van der Waals surface area contributed by atoms with Crippen molar-refractivity contribution in [2.24, 2.45) is 5.73 Å². The predicted molar refractivity (Wildman–Crippen MR) is 36.9 cm³/mol. The van der Waals surface area contributed by atoms with Crippen LogP contribution in [0.1, 0.15) is 0 Å². The van der Waals surface area contributed by atoms with Gasteiger partial charge in [0, 0.05) is 12.3 Å². The summed E-state index contributed by atoms with van der Waals surface area (Å²) in [6, 6.07) is -0.696. The number of carbonyl (C=O) groups is 2. The van der Waals surface area contributed by atoms with Crippen LogP contribution >= 0.6 is 0 Å². The van der Waals surface area contributed by atoms with Gasteiger partial charge in [0.2, 0.25) is 5.91 Å². The molecule has 3 amide bonds. The Kier molecular flexibility index (Phi) is 1.95. The largest absolute Gasteiger partial charge is 0.354 e. The van der Waals surface area contributed by atoms with E-state index in [1.165, 1.54) is 12.3 Å². The Labute approximate surface area is 62.8 Å². The van der Waals surface area contributed by atoms with Crippen molar-refractivity contribution >= 4 is 11.9 Å². The van der Waals surface area contributed by atoms with Crippen molar-refractivity contribution in [2.45, 2.75) is 6.29 Å². The van der Waals surface area contributed by atoms with Gasteiger partial charge in [-0.2, -0.15) is 0 Å². The highest BCUT2D eigenvalue weighted by atomic mass is 16.2. The minimum Gasteiger partial charge on any atom is -0.354 e. The molecule has 6 nitrogen and oxygen atoms in total.